The van der Waals surface area contributed by atoms with Gasteiger partial charge in [-0.3, -0.25) is 4.90 Å². The lowest BCUT2D eigenvalue weighted by Crippen LogP contribution is -2.36. The Morgan fingerprint density at radius 3 is 2.59 bits per heavy atom. The fraction of sp³-hybridized carbons (Fsp3) is 0.625. The number of rotatable bonds is 3. The Labute approximate surface area is 106 Å². The molecule has 1 aliphatic rings. The molecule has 1 heterocycles. The first-order chi connectivity index (χ1) is 8.08. The zero-order valence-electron chi connectivity index (χ0n) is 11.7. The summed E-state index contributed by atoms with van der Waals surface area (Å²) >= 11 is 0. The van der Waals surface area contributed by atoms with Crippen molar-refractivity contribution >= 4 is 0 Å². The minimum Gasteiger partial charge on any atom is -0.296 e. The predicted molar refractivity (Wildman–Crippen MR) is 74.2 cm³/mol. The van der Waals surface area contributed by atoms with Gasteiger partial charge in [0.15, 0.2) is 0 Å². The Hall–Kier alpha value is -0.820. The molecule has 1 aromatic carbocycles. The molecular formula is C16H25N. The van der Waals surface area contributed by atoms with Crippen molar-refractivity contribution < 1.29 is 0 Å². The molecule has 1 heteroatoms. The lowest BCUT2D eigenvalue weighted by Gasteiger charge is -2.33. The Bertz CT molecular complexity index is 379. The second-order valence-electron chi connectivity index (χ2n) is 5.97. The van der Waals surface area contributed by atoms with Gasteiger partial charge >= 0.3 is 0 Å². The minimum atomic E-state index is 0.664. The maximum atomic E-state index is 2.57. The topological polar surface area (TPSA) is 3.24 Å². The Morgan fingerprint density at radius 1 is 1.18 bits per heavy atom. The molecule has 0 aliphatic carbocycles. The van der Waals surface area contributed by atoms with Crippen LogP contribution in [0, 0.1) is 5.92 Å². The van der Waals surface area contributed by atoms with E-state index in [1.54, 1.807) is 16.7 Å². The van der Waals surface area contributed by atoms with Crippen molar-refractivity contribution in [3.63, 3.8) is 0 Å². The molecule has 17 heavy (non-hydrogen) atoms. The highest BCUT2D eigenvalue weighted by Gasteiger charge is 2.20. The Kier molecular flexibility index (Phi) is 3.88. The van der Waals surface area contributed by atoms with Gasteiger partial charge in [0.2, 0.25) is 0 Å². The van der Waals surface area contributed by atoms with E-state index in [9.17, 15) is 0 Å². The van der Waals surface area contributed by atoms with Crippen LogP contribution in [0.1, 0.15) is 44.4 Å². The molecule has 0 saturated heterocycles. The van der Waals surface area contributed by atoms with Crippen LogP contribution in [0.5, 0.6) is 0 Å². The van der Waals surface area contributed by atoms with E-state index in [2.05, 4.69) is 50.8 Å². The summed E-state index contributed by atoms with van der Waals surface area (Å²) in [5, 5.41) is 0. The van der Waals surface area contributed by atoms with Gasteiger partial charge in [-0.25, -0.2) is 0 Å². The lowest BCUT2D eigenvalue weighted by atomic mass is 9.90. The van der Waals surface area contributed by atoms with E-state index in [0.717, 1.165) is 12.5 Å². The molecule has 0 saturated carbocycles. The van der Waals surface area contributed by atoms with Crippen LogP contribution in [0.3, 0.4) is 0 Å². The fourth-order valence-electron chi connectivity index (χ4n) is 2.78. The summed E-state index contributed by atoms with van der Waals surface area (Å²) < 4.78 is 0. The van der Waals surface area contributed by atoms with Gasteiger partial charge in [0.1, 0.15) is 0 Å². The van der Waals surface area contributed by atoms with Crippen LogP contribution in [0.2, 0.25) is 0 Å². The van der Waals surface area contributed by atoms with Crippen LogP contribution in [-0.4, -0.2) is 17.5 Å². The summed E-state index contributed by atoms with van der Waals surface area (Å²) in [5.41, 5.74) is 4.78. The third-order valence-electron chi connectivity index (χ3n) is 3.75. The number of nitrogens with zero attached hydrogens (tertiary/aromatic N) is 1. The van der Waals surface area contributed by atoms with Crippen LogP contribution >= 0.6 is 0 Å². The molecule has 1 nitrogen and oxygen atoms in total. The van der Waals surface area contributed by atoms with E-state index in [1.807, 2.05) is 0 Å². The van der Waals surface area contributed by atoms with E-state index in [1.165, 1.54) is 19.4 Å². The van der Waals surface area contributed by atoms with Crippen molar-refractivity contribution in [1.82, 2.24) is 4.90 Å². The third kappa shape index (κ3) is 2.90. The monoisotopic (exact) mass is 231 g/mol. The summed E-state index contributed by atoms with van der Waals surface area (Å²) in [6, 6.07) is 7.54. The Balaban J connectivity index is 2.23. The average Bonchev–Trinajstić information content (AvgIpc) is 2.28. The molecule has 2 rings (SSSR count). The third-order valence-corrected chi connectivity index (χ3v) is 3.75. The van der Waals surface area contributed by atoms with E-state index >= 15 is 0 Å². The van der Waals surface area contributed by atoms with Gasteiger partial charge in [-0.05, 0) is 49.3 Å². The average molecular weight is 231 g/mol. The molecular weight excluding hydrogens is 206 g/mol. The molecule has 1 aromatic rings. The van der Waals surface area contributed by atoms with Crippen molar-refractivity contribution in [1.29, 1.82) is 0 Å². The van der Waals surface area contributed by atoms with Crippen molar-refractivity contribution in [3.05, 3.63) is 34.9 Å². The molecule has 0 spiro atoms. The van der Waals surface area contributed by atoms with Gasteiger partial charge in [-0.2, -0.15) is 0 Å². The second kappa shape index (κ2) is 5.22. The van der Waals surface area contributed by atoms with E-state index in [0.29, 0.717) is 6.04 Å². The highest BCUT2D eigenvalue weighted by atomic mass is 15.1. The molecule has 0 amide bonds. The summed E-state index contributed by atoms with van der Waals surface area (Å²) in [6.07, 6.45) is 2.46. The number of hydrogen-bond acceptors (Lipinski definition) is 1. The SMILES string of the molecule is CC(C)Cc1cccc2c1CCN(C(C)C)C2. The largest absolute Gasteiger partial charge is 0.296 e. The first-order valence-corrected chi connectivity index (χ1v) is 6.91. The van der Waals surface area contributed by atoms with Crippen molar-refractivity contribution in [3.8, 4) is 0 Å². The maximum Gasteiger partial charge on any atom is 0.0239 e. The Morgan fingerprint density at radius 2 is 1.94 bits per heavy atom. The van der Waals surface area contributed by atoms with E-state index in [4.69, 9.17) is 0 Å². The molecule has 0 aromatic heterocycles. The number of fused-ring (bicyclic) bond motifs is 1. The van der Waals surface area contributed by atoms with Gasteiger partial charge in [0.05, 0.1) is 0 Å². The lowest BCUT2D eigenvalue weighted by molar-refractivity contribution is 0.203. The van der Waals surface area contributed by atoms with Gasteiger partial charge < -0.3 is 0 Å². The highest BCUT2D eigenvalue weighted by molar-refractivity contribution is 5.37. The summed E-state index contributed by atoms with van der Waals surface area (Å²) in [5.74, 6) is 0.754. The van der Waals surface area contributed by atoms with E-state index in [-0.39, 0.29) is 0 Å². The van der Waals surface area contributed by atoms with Crippen LogP contribution in [0.15, 0.2) is 18.2 Å². The smallest absolute Gasteiger partial charge is 0.0239 e. The highest BCUT2D eigenvalue weighted by Crippen LogP contribution is 2.25. The normalized spacial score (nSPS) is 16.6. The summed E-state index contributed by atoms with van der Waals surface area (Å²) in [4.78, 5) is 2.57. The predicted octanol–water partition coefficient (Wildman–Crippen LogP) is 3.65. The van der Waals surface area contributed by atoms with Gasteiger partial charge in [-0.1, -0.05) is 32.0 Å². The second-order valence-corrected chi connectivity index (χ2v) is 5.97. The molecule has 0 fully saturated rings. The first-order valence-electron chi connectivity index (χ1n) is 6.91. The molecule has 1 aliphatic heterocycles. The summed E-state index contributed by atoms with van der Waals surface area (Å²) in [7, 11) is 0. The molecule has 0 bridgehead atoms. The first kappa shape index (κ1) is 12.6. The fourth-order valence-corrected chi connectivity index (χ4v) is 2.78. The van der Waals surface area contributed by atoms with Crippen LogP contribution in [0.25, 0.3) is 0 Å². The quantitative estimate of drug-likeness (QED) is 0.767. The number of hydrogen-bond donors (Lipinski definition) is 0. The van der Waals surface area contributed by atoms with Crippen molar-refractivity contribution in [2.75, 3.05) is 6.54 Å². The minimum absolute atomic E-state index is 0.664. The zero-order chi connectivity index (χ0) is 12.4. The van der Waals surface area contributed by atoms with Crippen LogP contribution < -0.4 is 0 Å². The molecule has 94 valence electrons. The van der Waals surface area contributed by atoms with Gasteiger partial charge in [0, 0.05) is 19.1 Å². The van der Waals surface area contributed by atoms with Gasteiger partial charge in [-0.15, -0.1) is 0 Å². The van der Waals surface area contributed by atoms with E-state index < -0.39 is 0 Å². The molecule has 0 radical (unpaired) electrons. The zero-order valence-corrected chi connectivity index (χ0v) is 11.7. The van der Waals surface area contributed by atoms with Crippen molar-refractivity contribution in [2.45, 2.75) is 53.1 Å². The molecule has 0 atom stereocenters. The molecule has 0 N–H and O–H groups in total. The van der Waals surface area contributed by atoms with Gasteiger partial charge in [0.25, 0.3) is 0 Å². The summed E-state index contributed by atoms with van der Waals surface area (Å²) in [6.45, 7) is 11.6. The van der Waals surface area contributed by atoms with Crippen LogP contribution in [0.4, 0.5) is 0 Å². The standard InChI is InChI=1S/C16H25N/c1-12(2)10-14-6-5-7-15-11-17(13(3)4)9-8-16(14)15/h5-7,12-13H,8-11H2,1-4H3. The molecule has 0 unspecified atom stereocenters. The maximum absolute atomic E-state index is 2.57. The van der Waals surface area contributed by atoms with Crippen molar-refractivity contribution in [2.24, 2.45) is 5.92 Å². The number of benzene rings is 1. The van der Waals surface area contributed by atoms with Crippen LogP contribution in [-0.2, 0) is 19.4 Å².